The number of ketones is 1. The number of hydrogen-bond donors (Lipinski definition) is 2. The number of anilines is 1. The van der Waals surface area contributed by atoms with Crippen molar-refractivity contribution >= 4 is 23.1 Å². The van der Waals surface area contributed by atoms with Crippen molar-refractivity contribution < 1.29 is 29.3 Å². The van der Waals surface area contributed by atoms with Crippen LogP contribution in [0.25, 0.3) is 5.76 Å². The minimum atomic E-state index is -0.935. The first-order valence-electron chi connectivity index (χ1n) is 11.2. The van der Waals surface area contributed by atoms with Crippen molar-refractivity contribution in [3.05, 3.63) is 89.0 Å². The summed E-state index contributed by atoms with van der Waals surface area (Å²) in [6, 6.07) is 17.6. The smallest absolute Gasteiger partial charge is 0.300 e. The van der Waals surface area contributed by atoms with Crippen LogP contribution in [0.3, 0.4) is 0 Å². The number of hydrogen-bond acceptors (Lipinski definition) is 6. The lowest BCUT2D eigenvalue weighted by molar-refractivity contribution is -0.132. The van der Waals surface area contributed by atoms with E-state index in [0.29, 0.717) is 28.7 Å². The van der Waals surface area contributed by atoms with Crippen molar-refractivity contribution in [3.8, 4) is 17.2 Å². The normalized spacial score (nSPS) is 17.2. The zero-order chi connectivity index (χ0) is 25.3. The number of aliphatic hydroxyl groups is 1. The first-order chi connectivity index (χ1) is 16.8. The molecule has 1 aliphatic rings. The summed E-state index contributed by atoms with van der Waals surface area (Å²) in [7, 11) is 2.88. The fourth-order valence-corrected chi connectivity index (χ4v) is 4.31. The number of benzene rings is 3. The van der Waals surface area contributed by atoms with Gasteiger partial charge in [-0.1, -0.05) is 44.2 Å². The van der Waals surface area contributed by atoms with Gasteiger partial charge >= 0.3 is 0 Å². The Bertz CT molecular complexity index is 1270. The van der Waals surface area contributed by atoms with Crippen LogP contribution in [0, 0.1) is 0 Å². The summed E-state index contributed by atoms with van der Waals surface area (Å²) in [5.41, 5.74) is 2.22. The minimum Gasteiger partial charge on any atom is -0.508 e. The van der Waals surface area contributed by atoms with Crippen LogP contribution in [-0.2, 0) is 9.59 Å². The molecule has 1 heterocycles. The van der Waals surface area contributed by atoms with Crippen LogP contribution in [0.4, 0.5) is 5.69 Å². The summed E-state index contributed by atoms with van der Waals surface area (Å²) < 4.78 is 10.8. The summed E-state index contributed by atoms with van der Waals surface area (Å²) in [4.78, 5) is 28.1. The second-order valence-electron chi connectivity index (χ2n) is 8.54. The molecule has 1 aliphatic heterocycles. The molecule has 1 saturated heterocycles. The van der Waals surface area contributed by atoms with Gasteiger partial charge in [0.2, 0.25) is 0 Å². The molecule has 1 unspecified atom stereocenters. The Hall–Kier alpha value is -4.26. The van der Waals surface area contributed by atoms with E-state index in [0.717, 1.165) is 5.56 Å². The van der Waals surface area contributed by atoms with Gasteiger partial charge < -0.3 is 19.7 Å². The molecule has 0 aromatic heterocycles. The van der Waals surface area contributed by atoms with E-state index < -0.39 is 23.5 Å². The van der Waals surface area contributed by atoms with Crippen LogP contribution in [0.15, 0.2) is 72.3 Å². The molecular formula is C28H27NO6. The number of aromatic hydroxyl groups is 1. The number of Topliss-reactive ketones (excluding diaryl/α,β-unsaturated/α-hetero) is 1. The van der Waals surface area contributed by atoms with Crippen LogP contribution in [0.5, 0.6) is 17.2 Å². The van der Waals surface area contributed by atoms with Gasteiger partial charge in [0.25, 0.3) is 11.7 Å². The van der Waals surface area contributed by atoms with Crippen molar-refractivity contribution in [2.75, 3.05) is 19.1 Å². The molecule has 35 heavy (non-hydrogen) atoms. The average Bonchev–Trinajstić information content (AvgIpc) is 3.13. The molecule has 4 rings (SSSR count). The molecule has 7 heteroatoms. The molecule has 1 fully saturated rings. The lowest BCUT2D eigenvalue weighted by Gasteiger charge is -2.26. The largest absolute Gasteiger partial charge is 0.508 e. The number of phenols is 1. The van der Waals surface area contributed by atoms with Gasteiger partial charge in [0.1, 0.15) is 28.6 Å². The van der Waals surface area contributed by atoms with Crippen LogP contribution in [0.1, 0.15) is 42.5 Å². The number of carbonyl (C=O) groups excluding carboxylic acids is 2. The van der Waals surface area contributed by atoms with Crippen LogP contribution in [0.2, 0.25) is 0 Å². The van der Waals surface area contributed by atoms with Crippen LogP contribution < -0.4 is 14.4 Å². The molecule has 7 nitrogen and oxygen atoms in total. The highest BCUT2D eigenvalue weighted by Crippen LogP contribution is 2.45. The highest BCUT2D eigenvalue weighted by Gasteiger charge is 2.47. The fourth-order valence-electron chi connectivity index (χ4n) is 4.31. The molecule has 0 radical (unpaired) electrons. The lowest BCUT2D eigenvalue weighted by atomic mass is 9.94. The van der Waals surface area contributed by atoms with Gasteiger partial charge in [-0.2, -0.15) is 0 Å². The zero-order valence-electron chi connectivity index (χ0n) is 20.0. The summed E-state index contributed by atoms with van der Waals surface area (Å²) in [5.74, 6) is -1.09. The summed E-state index contributed by atoms with van der Waals surface area (Å²) in [6.45, 7) is 4.14. The Morgan fingerprint density at radius 2 is 1.46 bits per heavy atom. The van der Waals surface area contributed by atoms with Gasteiger partial charge in [-0.25, -0.2) is 0 Å². The molecule has 3 aromatic carbocycles. The van der Waals surface area contributed by atoms with Crippen molar-refractivity contribution in [1.82, 2.24) is 0 Å². The van der Waals surface area contributed by atoms with Gasteiger partial charge in [-0.05, 0) is 53.4 Å². The van der Waals surface area contributed by atoms with Crippen LogP contribution in [-0.4, -0.2) is 36.1 Å². The number of amides is 1. The first kappa shape index (κ1) is 23.9. The third-order valence-electron chi connectivity index (χ3n) is 6.16. The van der Waals surface area contributed by atoms with E-state index in [1.165, 1.54) is 31.3 Å². The predicted octanol–water partition coefficient (Wildman–Crippen LogP) is 5.16. The fraction of sp³-hybridized carbons (Fsp3) is 0.214. The van der Waals surface area contributed by atoms with Gasteiger partial charge in [0.05, 0.1) is 25.8 Å². The van der Waals surface area contributed by atoms with Gasteiger partial charge in [-0.15, -0.1) is 0 Å². The van der Waals surface area contributed by atoms with Gasteiger partial charge in [0, 0.05) is 5.69 Å². The Morgan fingerprint density at radius 1 is 0.886 bits per heavy atom. The van der Waals surface area contributed by atoms with Gasteiger partial charge in [-0.3, -0.25) is 14.5 Å². The summed E-state index contributed by atoms with van der Waals surface area (Å²) >= 11 is 0. The standard InChI is InChI=1S/C28H27NO6/c1-16(2)17-8-12-19(13-9-17)29-25(18-10-14-20(30)15-11-18)24(27(32)28(29)33)26(31)23-21(34-3)6-5-7-22(23)35-4/h5-16,25,30-31H,1-4H3/b26-24+. The molecule has 0 saturated carbocycles. The summed E-state index contributed by atoms with van der Waals surface area (Å²) in [5, 5.41) is 21.3. The Morgan fingerprint density at radius 3 is 1.97 bits per heavy atom. The number of rotatable bonds is 6. The molecule has 0 bridgehead atoms. The number of methoxy groups -OCH3 is 2. The van der Waals surface area contributed by atoms with E-state index in [9.17, 15) is 19.8 Å². The monoisotopic (exact) mass is 473 g/mol. The second-order valence-corrected chi connectivity index (χ2v) is 8.54. The van der Waals surface area contributed by atoms with E-state index in [1.54, 1.807) is 42.5 Å². The number of nitrogens with zero attached hydrogens (tertiary/aromatic N) is 1. The predicted molar refractivity (Wildman–Crippen MR) is 133 cm³/mol. The Balaban J connectivity index is 1.97. The molecule has 1 atom stereocenters. The molecule has 0 spiro atoms. The van der Waals surface area contributed by atoms with Crippen molar-refractivity contribution in [2.45, 2.75) is 25.8 Å². The second kappa shape index (κ2) is 9.54. The molecule has 3 aromatic rings. The van der Waals surface area contributed by atoms with Crippen molar-refractivity contribution in [2.24, 2.45) is 0 Å². The van der Waals surface area contributed by atoms with E-state index in [4.69, 9.17) is 9.47 Å². The number of ether oxygens (including phenoxy) is 2. The highest BCUT2D eigenvalue weighted by molar-refractivity contribution is 6.51. The lowest BCUT2D eigenvalue weighted by Crippen LogP contribution is -2.29. The third kappa shape index (κ3) is 4.21. The first-order valence-corrected chi connectivity index (χ1v) is 11.2. The van der Waals surface area contributed by atoms with E-state index in [1.807, 2.05) is 12.1 Å². The van der Waals surface area contributed by atoms with Crippen molar-refractivity contribution in [1.29, 1.82) is 0 Å². The molecule has 1 amide bonds. The maximum Gasteiger partial charge on any atom is 0.300 e. The van der Waals surface area contributed by atoms with E-state index >= 15 is 0 Å². The Kier molecular flexibility index (Phi) is 6.51. The quantitative estimate of drug-likeness (QED) is 0.292. The number of phenolic OH excluding ortho intramolecular Hbond substituents is 1. The maximum atomic E-state index is 13.4. The van der Waals surface area contributed by atoms with E-state index in [-0.39, 0.29) is 16.9 Å². The average molecular weight is 474 g/mol. The minimum absolute atomic E-state index is 0.0402. The maximum absolute atomic E-state index is 13.4. The van der Waals surface area contributed by atoms with Crippen molar-refractivity contribution in [3.63, 3.8) is 0 Å². The number of carbonyl (C=O) groups is 2. The topological polar surface area (TPSA) is 96.3 Å². The highest BCUT2D eigenvalue weighted by atomic mass is 16.5. The Labute approximate surface area is 203 Å². The molecule has 2 N–H and O–H groups in total. The SMILES string of the molecule is COc1cccc(OC)c1/C(O)=C1\C(=O)C(=O)N(c2ccc(C(C)C)cc2)C1c1ccc(O)cc1. The van der Waals surface area contributed by atoms with Gasteiger partial charge in [0.15, 0.2) is 0 Å². The van der Waals surface area contributed by atoms with Crippen LogP contribution >= 0.6 is 0 Å². The molecular weight excluding hydrogens is 446 g/mol. The zero-order valence-corrected chi connectivity index (χ0v) is 20.0. The van der Waals surface area contributed by atoms with E-state index in [2.05, 4.69) is 13.8 Å². The molecule has 180 valence electrons. The molecule has 0 aliphatic carbocycles. The number of aliphatic hydroxyl groups excluding tert-OH is 1. The summed E-state index contributed by atoms with van der Waals surface area (Å²) in [6.07, 6.45) is 0. The third-order valence-corrected chi connectivity index (χ3v) is 6.16.